The lowest BCUT2D eigenvalue weighted by Crippen LogP contribution is -2.70. The Labute approximate surface area is 163 Å². The van der Waals surface area contributed by atoms with E-state index in [-0.39, 0.29) is 36.4 Å². The number of rotatable bonds is 4. The van der Waals surface area contributed by atoms with E-state index in [4.69, 9.17) is 0 Å². The van der Waals surface area contributed by atoms with Crippen molar-refractivity contribution < 1.29 is 14.0 Å². The Hall–Kier alpha value is -2.64. The topological polar surface area (TPSA) is 77.0 Å². The van der Waals surface area contributed by atoms with Crippen molar-refractivity contribution in [3.05, 3.63) is 30.1 Å². The molecule has 1 saturated carbocycles. The third kappa shape index (κ3) is 3.31. The van der Waals surface area contributed by atoms with E-state index in [1.165, 1.54) is 12.1 Å². The number of hydrazone groups is 1. The smallest absolute Gasteiger partial charge is 0.268 e. The molecule has 3 atom stereocenters. The molecule has 2 N–H and O–H groups in total. The molecule has 8 heteroatoms. The number of piperazine rings is 1. The number of carbonyl (C=O) groups is 2. The van der Waals surface area contributed by atoms with E-state index in [1.807, 2.05) is 0 Å². The largest absolute Gasteiger partial charge is 0.325 e. The molecular formula is C20H26FN5O2. The van der Waals surface area contributed by atoms with Gasteiger partial charge in [0.2, 0.25) is 5.91 Å². The summed E-state index contributed by atoms with van der Waals surface area (Å²) < 4.78 is 13.4. The van der Waals surface area contributed by atoms with Gasteiger partial charge < -0.3 is 15.1 Å². The Morgan fingerprint density at radius 1 is 1.32 bits per heavy atom. The molecule has 2 fully saturated rings. The number of nitrogens with zero attached hydrogens (tertiary/aromatic N) is 3. The Morgan fingerprint density at radius 3 is 2.79 bits per heavy atom. The highest BCUT2D eigenvalue weighted by molar-refractivity contribution is 5.98. The van der Waals surface area contributed by atoms with E-state index in [0.717, 1.165) is 31.5 Å². The summed E-state index contributed by atoms with van der Waals surface area (Å²) in [7, 11) is 0. The molecule has 1 aromatic rings. The van der Waals surface area contributed by atoms with Gasteiger partial charge in [0.05, 0.1) is 12.1 Å². The number of hydrogen-bond donors (Lipinski definition) is 2. The van der Waals surface area contributed by atoms with Crippen LogP contribution in [0.1, 0.15) is 39.5 Å². The van der Waals surface area contributed by atoms with Gasteiger partial charge in [0.25, 0.3) is 5.91 Å². The summed E-state index contributed by atoms with van der Waals surface area (Å²) >= 11 is 0. The van der Waals surface area contributed by atoms with E-state index in [9.17, 15) is 14.0 Å². The maximum Gasteiger partial charge on any atom is 0.268 e. The van der Waals surface area contributed by atoms with Crippen molar-refractivity contribution in [2.24, 2.45) is 11.0 Å². The lowest BCUT2D eigenvalue weighted by Gasteiger charge is -2.51. The zero-order chi connectivity index (χ0) is 19.8. The second kappa shape index (κ2) is 7.41. The van der Waals surface area contributed by atoms with Crippen molar-refractivity contribution in [2.45, 2.75) is 57.8 Å². The first kappa shape index (κ1) is 18.7. The Kier molecular flexibility index (Phi) is 4.95. The summed E-state index contributed by atoms with van der Waals surface area (Å²) in [5, 5.41) is 7.11. The van der Waals surface area contributed by atoms with Crippen molar-refractivity contribution in [3.63, 3.8) is 0 Å². The fourth-order valence-corrected chi connectivity index (χ4v) is 4.56. The predicted octanol–water partition coefficient (Wildman–Crippen LogP) is 2.12. The molecule has 28 heavy (non-hydrogen) atoms. The highest BCUT2D eigenvalue weighted by Crippen LogP contribution is 2.35. The van der Waals surface area contributed by atoms with Gasteiger partial charge in [-0.1, -0.05) is 32.8 Å². The van der Waals surface area contributed by atoms with Crippen LogP contribution in [-0.2, 0) is 9.59 Å². The molecule has 0 aromatic heterocycles. The Balaban J connectivity index is 1.53. The van der Waals surface area contributed by atoms with E-state index < -0.39 is 12.0 Å². The number of anilines is 1. The number of carbonyl (C=O) groups excluding carboxylic acids is 2. The lowest BCUT2D eigenvalue weighted by atomic mass is 9.85. The molecule has 7 nitrogen and oxygen atoms in total. The average molecular weight is 387 g/mol. The molecule has 0 spiro atoms. The third-order valence-electron chi connectivity index (χ3n) is 5.75. The summed E-state index contributed by atoms with van der Waals surface area (Å²) in [6.45, 7) is 4.10. The molecule has 0 radical (unpaired) electrons. The zero-order valence-corrected chi connectivity index (χ0v) is 16.2. The first-order valence-electron chi connectivity index (χ1n) is 9.93. The third-order valence-corrected chi connectivity index (χ3v) is 5.75. The summed E-state index contributed by atoms with van der Waals surface area (Å²) in [5.74, 6) is 0.273. The van der Waals surface area contributed by atoms with Crippen LogP contribution in [0.2, 0.25) is 0 Å². The van der Waals surface area contributed by atoms with E-state index in [1.54, 1.807) is 17.0 Å². The van der Waals surface area contributed by atoms with Crippen molar-refractivity contribution in [1.82, 2.24) is 15.2 Å². The van der Waals surface area contributed by atoms with Crippen LogP contribution in [0, 0.1) is 11.7 Å². The van der Waals surface area contributed by atoms with Crippen LogP contribution in [0.15, 0.2) is 29.4 Å². The quantitative estimate of drug-likeness (QED) is 0.830. The predicted molar refractivity (Wildman–Crippen MR) is 104 cm³/mol. The number of fused-ring (bicyclic) bond motifs is 3. The summed E-state index contributed by atoms with van der Waals surface area (Å²) in [5.41, 5.74) is 3.36. The molecule has 2 amide bonds. The highest BCUT2D eigenvalue weighted by atomic mass is 19.1. The molecular weight excluding hydrogens is 361 g/mol. The number of hydrogen-bond acceptors (Lipinski definition) is 5. The average Bonchev–Trinajstić information content (AvgIpc) is 3.11. The van der Waals surface area contributed by atoms with Crippen LogP contribution in [-0.4, -0.2) is 52.2 Å². The van der Waals surface area contributed by atoms with Crippen LogP contribution in [0.3, 0.4) is 0 Å². The number of amides is 2. The minimum Gasteiger partial charge on any atom is -0.325 e. The minimum absolute atomic E-state index is 0.0143. The molecule has 1 aromatic carbocycles. The van der Waals surface area contributed by atoms with Crippen molar-refractivity contribution in [1.29, 1.82) is 0 Å². The van der Waals surface area contributed by atoms with Crippen molar-refractivity contribution >= 4 is 23.3 Å². The Morgan fingerprint density at radius 2 is 2.07 bits per heavy atom. The molecule has 2 heterocycles. The molecule has 3 aliphatic rings. The number of halogens is 1. The van der Waals surface area contributed by atoms with Gasteiger partial charge in [0, 0.05) is 11.6 Å². The number of amidine groups is 1. The van der Waals surface area contributed by atoms with Gasteiger partial charge in [0.15, 0.2) is 6.17 Å². The molecule has 2 aliphatic heterocycles. The van der Waals surface area contributed by atoms with Gasteiger partial charge in [-0.05, 0) is 31.0 Å². The monoisotopic (exact) mass is 387 g/mol. The van der Waals surface area contributed by atoms with E-state index in [2.05, 4.69) is 34.6 Å². The van der Waals surface area contributed by atoms with Crippen molar-refractivity contribution in [2.75, 3.05) is 11.9 Å². The maximum absolute atomic E-state index is 13.4. The number of nitrogens with one attached hydrogen (secondary N) is 2. The SMILES string of the molecule is CC(C)C1=NNC2C(=O)N(CC(=O)Nc3cccc(F)c3)C3CCCCC3N12. The van der Waals surface area contributed by atoms with Crippen molar-refractivity contribution in [3.8, 4) is 0 Å². The second-order valence-electron chi connectivity index (χ2n) is 8.01. The molecule has 150 valence electrons. The van der Waals surface area contributed by atoms with Gasteiger partial charge in [-0.25, -0.2) is 4.39 Å². The van der Waals surface area contributed by atoms with Crippen LogP contribution < -0.4 is 10.7 Å². The van der Waals surface area contributed by atoms with Gasteiger partial charge in [-0.2, -0.15) is 5.10 Å². The summed E-state index contributed by atoms with van der Waals surface area (Å²) in [6, 6.07) is 5.91. The first-order chi connectivity index (χ1) is 13.5. The minimum atomic E-state index is -0.543. The van der Waals surface area contributed by atoms with E-state index >= 15 is 0 Å². The first-order valence-corrected chi connectivity index (χ1v) is 9.93. The fraction of sp³-hybridized carbons (Fsp3) is 0.550. The summed E-state index contributed by atoms with van der Waals surface area (Å²) in [6.07, 6.45) is 3.45. The van der Waals surface area contributed by atoms with Crippen LogP contribution in [0.5, 0.6) is 0 Å². The maximum atomic E-state index is 13.4. The van der Waals surface area contributed by atoms with E-state index in [0.29, 0.717) is 5.69 Å². The van der Waals surface area contributed by atoms with Crippen LogP contribution in [0.25, 0.3) is 0 Å². The fourth-order valence-electron chi connectivity index (χ4n) is 4.56. The van der Waals surface area contributed by atoms with Gasteiger partial charge in [0.1, 0.15) is 18.2 Å². The molecule has 0 bridgehead atoms. The van der Waals surface area contributed by atoms with Gasteiger partial charge in [-0.15, -0.1) is 0 Å². The van der Waals surface area contributed by atoms with Gasteiger partial charge in [-0.3, -0.25) is 15.0 Å². The molecule has 1 aliphatic carbocycles. The highest BCUT2D eigenvalue weighted by Gasteiger charge is 2.51. The van der Waals surface area contributed by atoms with Crippen LogP contribution in [0.4, 0.5) is 10.1 Å². The second-order valence-corrected chi connectivity index (χ2v) is 8.01. The zero-order valence-electron chi connectivity index (χ0n) is 16.2. The molecule has 4 rings (SSSR count). The molecule has 1 saturated heterocycles. The van der Waals surface area contributed by atoms with Crippen LogP contribution >= 0.6 is 0 Å². The Bertz CT molecular complexity index is 812. The molecule has 3 unspecified atom stereocenters. The lowest BCUT2D eigenvalue weighted by molar-refractivity contribution is -0.151. The summed E-state index contributed by atoms with van der Waals surface area (Å²) in [4.78, 5) is 29.6. The standard InChI is InChI=1S/C20H26FN5O2/c1-12(2)18-23-24-19-20(28)25(15-8-3-4-9-16(15)26(18)19)11-17(27)22-14-7-5-6-13(21)10-14/h5-7,10,12,15-16,19,24H,3-4,8-9,11H2,1-2H3,(H,22,27). The normalized spacial score (nSPS) is 26.5. The number of benzene rings is 1. The van der Waals surface area contributed by atoms with Gasteiger partial charge >= 0.3 is 0 Å².